The van der Waals surface area contributed by atoms with Crippen LogP contribution < -0.4 is 10.1 Å². The standard InChI is InChI=1S/C25H20Cl2N8O2/c1-37-20-6-7-21(28-12-20)23-11-22(17-8-18(26)10-19(27)9-17)32-35(23)14-15-2-4-16(5-3-15)25(36)29-13-24-30-33-34-31-24/h2-12H,13-14H2,1H3,(H,29,36)(H,30,31,33,34). The second-order valence-corrected chi connectivity index (χ2v) is 8.91. The molecule has 3 aromatic heterocycles. The Morgan fingerprint density at radius 3 is 2.46 bits per heavy atom. The maximum Gasteiger partial charge on any atom is 0.251 e. The van der Waals surface area contributed by atoms with Crippen molar-refractivity contribution in [2.45, 2.75) is 13.1 Å². The lowest BCUT2D eigenvalue weighted by atomic mass is 10.1. The minimum absolute atomic E-state index is 0.204. The minimum atomic E-state index is -0.231. The van der Waals surface area contributed by atoms with Crippen LogP contribution in [0, 0.1) is 0 Å². The van der Waals surface area contributed by atoms with Gasteiger partial charge in [0.25, 0.3) is 5.91 Å². The van der Waals surface area contributed by atoms with Crippen molar-refractivity contribution in [3.8, 4) is 28.4 Å². The van der Waals surface area contributed by atoms with Crippen LogP contribution in [0.25, 0.3) is 22.6 Å². The highest BCUT2D eigenvalue weighted by atomic mass is 35.5. The van der Waals surface area contributed by atoms with Crippen LogP contribution in [0.2, 0.25) is 10.0 Å². The summed E-state index contributed by atoms with van der Waals surface area (Å²) in [6, 6.07) is 18.2. The topological polar surface area (TPSA) is 124 Å². The molecule has 0 atom stereocenters. The lowest BCUT2D eigenvalue weighted by Gasteiger charge is -2.09. The van der Waals surface area contributed by atoms with Crippen LogP contribution in [0.4, 0.5) is 0 Å². The molecule has 10 nitrogen and oxygen atoms in total. The van der Waals surface area contributed by atoms with E-state index in [0.717, 1.165) is 22.5 Å². The first kappa shape index (κ1) is 24.4. The Labute approximate surface area is 221 Å². The fraction of sp³-hybridized carbons (Fsp3) is 0.120. The Bertz CT molecular complexity index is 1500. The number of carbonyl (C=O) groups excluding carboxylic acids is 1. The first-order chi connectivity index (χ1) is 18.0. The summed E-state index contributed by atoms with van der Waals surface area (Å²) in [5, 5.41) is 22.0. The van der Waals surface area contributed by atoms with E-state index in [-0.39, 0.29) is 12.5 Å². The fourth-order valence-corrected chi connectivity index (χ4v) is 4.22. The number of aromatic amines is 1. The number of tetrazole rings is 1. The molecule has 5 rings (SSSR count). The molecule has 1 amide bonds. The third-order valence-corrected chi connectivity index (χ3v) is 5.96. The first-order valence-electron chi connectivity index (χ1n) is 11.1. The number of methoxy groups -OCH3 is 1. The number of aromatic nitrogens is 7. The van der Waals surface area contributed by atoms with Gasteiger partial charge in [0.15, 0.2) is 5.82 Å². The van der Waals surface area contributed by atoms with Crippen molar-refractivity contribution >= 4 is 29.1 Å². The van der Waals surface area contributed by atoms with E-state index in [4.69, 9.17) is 33.0 Å². The van der Waals surface area contributed by atoms with E-state index in [1.54, 1.807) is 31.5 Å². The number of halogens is 2. The van der Waals surface area contributed by atoms with Crippen molar-refractivity contribution in [2.24, 2.45) is 0 Å². The van der Waals surface area contributed by atoms with E-state index in [1.165, 1.54) is 0 Å². The van der Waals surface area contributed by atoms with Gasteiger partial charge in [-0.2, -0.15) is 5.10 Å². The Morgan fingerprint density at radius 2 is 1.81 bits per heavy atom. The number of hydrogen-bond acceptors (Lipinski definition) is 7. The third kappa shape index (κ3) is 5.76. The van der Waals surface area contributed by atoms with Gasteiger partial charge >= 0.3 is 0 Å². The zero-order valence-electron chi connectivity index (χ0n) is 19.5. The second-order valence-electron chi connectivity index (χ2n) is 8.04. The zero-order valence-corrected chi connectivity index (χ0v) is 21.0. The SMILES string of the molecule is COc1ccc(-c2cc(-c3cc(Cl)cc(Cl)c3)nn2Cc2ccc(C(=O)NCc3nnn[nH]3)cc2)nc1. The maximum absolute atomic E-state index is 12.5. The molecule has 186 valence electrons. The van der Waals surface area contributed by atoms with Gasteiger partial charge < -0.3 is 10.1 Å². The number of ether oxygens (including phenoxy) is 1. The summed E-state index contributed by atoms with van der Waals surface area (Å²) in [6.45, 7) is 0.651. The molecule has 0 saturated carbocycles. The Balaban J connectivity index is 1.41. The highest BCUT2D eigenvalue weighted by molar-refractivity contribution is 6.35. The molecule has 0 bridgehead atoms. The van der Waals surface area contributed by atoms with Gasteiger partial charge in [0, 0.05) is 21.2 Å². The van der Waals surface area contributed by atoms with Gasteiger partial charge in [-0.05, 0) is 64.5 Å². The van der Waals surface area contributed by atoms with Crippen LogP contribution in [0.1, 0.15) is 21.7 Å². The lowest BCUT2D eigenvalue weighted by Crippen LogP contribution is -2.23. The number of hydrogen-bond donors (Lipinski definition) is 2. The first-order valence-corrected chi connectivity index (χ1v) is 11.9. The summed E-state index contributed by atoms with van der Waals surface area (Å²) in [7, 11) is 1.59. The molecule has 0 spiro atoms. The average molecular weight is 535 g/mol. The summed E-state index contributed by atoms with van der Waals surface area (Å²) < 4.78 is 7.09. The number of pyridine rings is 1. The second kappa shape index (κ2) is 10.8. The van der Waals surface area contributed by atoms with Crippen LogP contribution in [0.3, 0.4) is 0 Å². The Kier molecular flexibility index (Phi) is 7.11. The molecule has 0 aliphatic rings. The molecule has 2 N–H and O–H groups in total. The quantitative estimate of drug-likeness (QED) is 0.302. The number of nitrogens with one attached hydrogen (secondary N) is 2. The molecule has 12 heteroatoms. The van der Waals surface area contributed by atoms with Crippen molar-refractivity contribution in [1.29, 1.82) is 0 Å². The van der Waals surface area contributed by atoms with Gasteiger partial charge in [-0.25, -0.2) is 5.10 Å². The third-order valence-electron chi connectivity index (χ3n) is 5.53. The average Bonchev–Trinajstić information content (AvgIpc) is 3.58. The molecule has 0 saturated heterocycles. The summed E-state index contributed by atoms with van der Waals surface area (Å²) >= 11 is 12.5. The monoisotopic (exact) mass is 534 g/mol. The van der Waals surface area contributed by atoms with E-state index in [1.807, 2.05) is 47.1 Å². The van der Waals surface area contributed by atoms with Crippen LogP contribution in [-0.4, -0.2) is 48.4 Å². The van der Waals surface area contributed by atoms with Crippen molar-refractivity contribution in [3.05, 3.63) is 93.9 Å². The van der Waals surface area contributed by atoms with Gasteiger partial charge in [0.05, 0.1) is 43.5 Å². The molecule has 0 fully saturated rings. The van der Waals surface area contributed by atoms with Crippen molar-refractivity contribution in [3.63, 3.8) is 0 Å². The number of amides is 1. The number of rotatable bonds is 8. The fourth-order valence-electron chi connectivity index (χ4n) is 3.69. The van der Waals surface area contributed by atoms with E-state index in [0.29, 0.717) is 39.4 Å². The molecule has 0 unspecified atom stereocenters. The summed E-state index contributed by atoms with van der Waals surface area (Å²) in [4.78, 5) is 17.0. The van der Waals surface area contributed by atoms with Crippen LogP contribution in [-0.2, 0) is 13.1 Å². The summed E-state index contributed by atoms with van der Waals surface area (Å²) in [5.74, 6) is 0.899. The molecule has 37 heavy (non-hydrogen) atoms. The molecule has 3 heterocycles. The Hall–Kier alpha value is -4.28. The predicted octanol–water partition coefficient (Wildman–Crippen LogP) is 4.42. The molecular formula is C25H20Cl2N8O2. The van der Waals surface area contributed by atoms with Crippen molar-refractivity contribution in [2.75, 3.05) is 7.11 Å². The van der Waals surface area contributed by atoms with E-state index < -0.39 is 0 Å². The predicted molar refractivity (Wildman–Crippen MR) is 138 cm³/mol. The van der Waals surface area contributed by atoms with Crippen molar-refractivity contribution < 1.29 is 9.53 Å². The van der Waals surface area contributed by atoms with E-state index >= 15 is 0 Å². The molecule has 2 aromatic carbocycles. The summed E-state index contributed by atoms with van der Waals surface area (Å²) in [5.41, 5.74) is 4.49. The van der Waals surface area contributed by atoms with Crippen LogP contribution in [0.15, 0.2) is 66.9 Å². The van der Waals surface area contributed by atoms with E-state index in [9.17, 15) is 4.79 Å². The normalized spacial score (nSPS) is 10.9. The van der Waals surface area contributed by atoms with E-state index in [2.05, 4.69) is 30.9 Å². The Morgan fingerprint density at radius 1 is 1.03 bits per heavy atom. The van der Waals surface area contributed by atoms with Crippen LogP contribution >= 0.6 is 23.2 Å². The lowest BCUT2D eigenvalue weighted by molar-refractivity contribution is 0.0950. The number of benzene rings is 2. The van der Waals surface area contributed by atoms with Gasteiger partial charge in [-0.15, -0.1) is 5.10 Å². The largest absolute Gasteiger partial charge is 0.495 e. The number of carbonyl (C=O) groups is 1. The summed E-state index contributed by atoms with van der Waals surface area (Å²) in [6.07, 6.45) is 1.66. The highest BCUT2D eigenvalue weighted by Crippen LogP contribution is 2.30. The molecule has 0 radical (unpaired) electrons. The van der Waals surface area contributed by atoms with Crippen LogP contribution in [0.5, 0.6) is 5.75 Å². The zero-order chi connectivity index (χ0) is 25.8. The number of H-pyrrole nitrogens is 1. The number of nitrogens with zero attached hydrogens (tertiary/aromatic N) is 6. The minimum Gasteiger partial charge on any atom is -0.495 e. The van der Waals surface area contributed by atoms with Gasteiger partial charge in [-0.3, -0.25) is 14.5 Å². The van der Waals surface area contributed by atoms with Gasteiger partial charge in [-0.1, -0.05) is 35.3 Å². The molecule has 5 aromatic rings. The molecular weight excluding hydrogens is 515 g/mol. The smallest absolute Gasteiger partial charge is 0.251 e. The van der Waals surface area contributed by atoms with Crippen molar-refractivity contribution in [1.82, 2.24) is 40.7 Å². The molecule has 0 aliphatic carbocycles. The molecule has 0 aliphatic heterocycles. The highest BCUT2D eigenvalue weighted by Gasteiger charge is 2.15. The van der Waals surface area contributed by atoms with Gasteiger partial charge in [0.2, 0.25) is 0 Å². The van der Waals surface area contributed by atoms with Gasteiger partial charge in [0.1, 0.15) is 5.75 Å². The maximum atomic E-state index is 12.5.